The first-order chi connectivity index (χ1) is 6.69. The van der Waals surface area contributed by atoms with E-state index in [2.05, 4.69) is 11.1 Å². The van der Waals surface area contributed by atoms with Gasteiger partial charge in [0.25, 0.3) is 0 Å². The van der Waals surface area contributed by atoms with Gasteiger partial charge >= 0.3 is 0 Å². The van der Waals surface area contributed by atoms with Gasteiger partial charge in [0.1, 0.15) is 11.6 Å². The van der Waals surface area contributed by atoms with Crippen LogP contribution in [0.25, 0.3) is 0 Å². The smallest absolute Gasteiger partial charge is 0.237 e. The molecular formula is C11H12N2O. The van der Waals surface area contributed by atoms with Gasteiger partial charge in [-0.1, -0.05) is 6.08 Å². The summed E-state index contributed by atoms with van der Waals surface area (Å²) < 4.78 is 5.22. The summed E-state index contributed by atoms with van der Waals surface area (Å²) in [4.78, 5) is 4.15. The zero-order valence-corrected chi connectivity index (χ0v) is 8.53. The highest BCUT2D eigenvalue weighted by molar-refractivity contribution is 5.45. The SMILES string of the molecule is CC=COc1nc(C)cc(C)c1C#N. The molecule has 72 valence electrons. The molecule has 0 atom stereocenters. The Bertz CT molecular complexity index is 402. The molecule has 0 unspecified atom stereocenters. The van der Waals surface area contributed by atoms with E-state index in [1.807, 2.05) is 26.8 Å². The van der Waals surface area contributed by atoms with Crippen LogP contribution < -0.4 is 4.74 Å². The standard InChI is InChI=1S/C11H12N2O/c1-4-5-14-11-10(7-12)8(2)6-9(3)13-11/h4-6H,1-3H3. The van der Waals surface area contributed by atoms with E-state index >= 15 is 0 Å². The number of hydrogen-bond donors (Lipinski definition) is 0. The molecule has 1 aromatic rings. The second-order valence-electron chi connectivity index (χ2n) is 2.96. The molecule has 0 aromatic carbocycles. The fourth-order valence-electron chi connectivity index (χ4n) is 1.16. The monoisotopic (exact) mass is 188 g/mol. The normalized spacial score (nSPS) is 10.1. The summed E-state index contributed by atoms with van der Waals surface area (Å²) in [6, 6.07) is 3.94. The van der Waals surface area contributed by atoms with Gasteiger partial charge in [0.2, 0.25) is 5.88 Å². The van der Waals surface area contributed by atoms with Crippen molar-refractivity contribution in [1.82, 2.24) is 4.98 Å². The topological polar surface area (TPSA) is 45.9 Å². The third kappa shape index (κ3) is 2.11. The lowest BCUT2D eigenvalue weighted by Gasteiger charge is -2.05. The molecule has 3 nitrogen and oxygen atoms in total. The molecule has 0 N–H and O–H groups in total. The molecule has 0 saturated carbocycles. The fraction of sp³-hybridized carbons (Fsp3) is 0.273. The maximum absolute atomic E-state index is 8.90. The van der Waals surface area contributed by atoms with Gasteiger partial charge in [-0.15, -0.1) is 0 Å². The Morgan fingerprint density at radius 3 is 2.79 bits per heavy atom. The van der Waals surface area contributed by atoms with Crippen molar-refractivity contribution in [1.29, 1.82) is 5.26 Å². The molecule has 0 aliphatic heterocycles. The lowest BCUT2D eigenvalue weighted by atomic mass is 10.1. The maximum Gasteiger partial charge on any atom is 0.237 e. The first-order valence-electron chi connectivity index (χ1n) is 4.35. The molecule has 0 spiro atoms. The Kier molecular flexibility index (Phi) is 3.24. The molecule has 0 aliphatic carbocycles. The van der Waals surface area contributed by atoms with Crippen molar-refractivity contribution in [2.24, 2.45) is 0 Å². The zero-order valence-electron chi connectivity index (χ0n) is 8.53. The maximum atomic E-state index is 8.90. The third-order valence-electron chi connectivity index (χ3n) is 1.74. The van der Waals surface area contributed by atoms with Crippen molar-refractivity contribution in [3.05, 3.63) is 35.2 Å². The Hall–Kier alpha value is -1.82. The highest BCUT2D eigenvalue weighted by Crippen LogP contribution is 2.19. The first-order valence-corrected chi connectivity index (χ1v) is 4.35. The highest BCUT2D eigenvalue weighted by Gasteiger charge is 2.08. The quantitative estimate of drug-likeness (QED) is 0.670. The van der Waals surface area contributed by atoms with Crippen molar-refractivity contribution >= 4 is 0 Å². The van der Waals surface area contributed by atoms with E-state index < -0.39 is 0 Å². The average Bonchev–Trinajstić information content (AvgIpc) is 2.14. The van der Waals surface area contributed by atoms with E-state index in [-0.39, 0.29) is 0 Å². The molecule has 3 heteroatoms. The van der Waals surface area contributed by atoms with E-state index in [4.69, 9.17) is 10.00 Å². The highest BCUT2D eigenvalue weighted by atomic mass is 16.5. The fourth-order valence-corrected chi connectivity index (χ4v) is 1.16. The van der Waals surface area contributed by atoms with Crippen molar-refractivity contribution in [3.8, 4) is 11.9 Å². The Morgan fingerprint density at radius 1 is 1.50 bits per heavy atom. The minimum atomic E-state index is 0.378. The number of hydrogen-bond acceptors (Lipinski definition) is 3. The van der Waals surface area contributed by atoms with Crippen LogP contribution >= 0.6 is 0 Å². The van der Waals surface area contributed by atoms with Crippen molar-refractivity contribution in [2.75, 3.05) is 0 Å². The molecule has 14 heavy (non-hydrogen) atoms. The van der Waals surface area contributed by atoms with Crippen LogP contribution in [0.5, 0.6) is 5.88 Å². The van der Waals surface area contributed by atoms with Crippen LogP contribution in [0, 0.1) is 25.2 Å². The lowest BCUT2D eigenvalue weighted by molar-refractivity contribution is 0.457. The minimum absolute atomic E-state index is 0.378. The predicted octanol–water partition coefficient (Wildman–Crippen LogP) is 2.48. The van der Waals surface area contributed by atoms with Crippen LogP contribution in [0.4, 0.5) is 0 Å². The second-order valence-corrected chi connectivity index (χ2v) is 2.96. The van der Waals surface area contributed by atoms with Crippen molar-refractivity contribution in [3.63, 3.8) is 0 Å². The van der Waals surface area contributed by atoms with Crippen molar-refractivity contribution in [2.45, 2.75) is 20.8 Å². The Labute approximate surface area is 83.7 Å². The van der Waals surface area contributed by atoms with Gasteiger partial charge in [-0.05, 0) is 32.4 Å². The first kappa shape index (κ1) is 10.3. The van der Waals surface area contributed by atoms with Crippen LogP contribution in [-0.4, -0.2) is 4.98 Å². The summed E-state index contributed by atoms with van der Waals surface area (Å²) in [5.41, 5.74) is 2.23. The van der Waals surface area contributed by atoms with Gasteiger partial charge in [-0.2, -0.15) is 5.26 Å². The molecule has 0 amide bonds. The zero-order chi connectivity index (χ0) is 10.6. The van der Waals surface area contributed by atoms with E-state index in [1.165, 1.54) is 6.26 Å². The predicted molar refractivity (Wildman–Crippen MR) is 53.9 cm³/mol. The van der Waals surface area contributed by atoms with Gasteiger partial charge in [-0.3, -0.25) is 0 Å². The van der Waals surface area contributed by atoms with Gasteiger partial charge in [0.15, 0.2) is 0 Å². The van der Waals surface area contributed by atoms with Crippen LogP contribution in [0.2, 0.25) is 0 Å². The van der Waals surface area contributed by atoms with Crippen molar-refractivity contribution < 1.29 is 4.74 Å². The molecule has 0 bridgehead atoms. The van der Waals surface area contributed by atoms with Crippen LogP contribution in [0.3, 0.4) is 0 Å². The molecule has 0 aliphatic rings. The summed E-state index contributed by atoms with van der Waals surface area (Å²) in [5.74, 6) is 0.378. The summed E-state index contributed by atoms with van der Waals surface area (Å²) in [6.45, 7) is 5.58. The number of aromatic nitrogens is 1. The molecule has 1 heterocycles. The van der Waals surface area contributed by atoms with Crippen LogP contribution in [0.15, 0.2) is 18.4 Å². The van der Waals surface area contributed by atoms with Gasteiger partial charge < -0.3 is 4.74 Å². The minimum Gasteiger partial charge on any atom is -0.446 e. The molecule has 0 fully saturated rings. The number of pyridine rings is 1. The van der Waals surface area contributed by atoms with Crippen LogP contribution in [-0.2, 0) is 0 Å². The van der Waals surface area contributed by atoms with E-state index in [0.29, 0.717) is 11.4 Å². The number of allylic oxidation sites excluding steroid dienone is 1. The number of ether oxygens (including phenoxy) is 1. The summed E-state index contributed by atoms with van der Waals surface area (Å²) in [7, 11) is 0. The molecule has 0 radical (unpaired) electrons. The Balaban J connectivity index is 3.19. The average molecular weight is 188 g/mol. The van der Waals surface area contributed by atoms with E-state index in [1.54, 1.807) is 6.08 Å². The number of nitrogens with zero attached hydrogens (tertiary/aromatic N) is 2. The molecule has 1 aromatic heterocycles. The van der Waals surface area contributed by atoms with Gasteiger partial charge in [-0.25, -0.2) is 4.98 Å². The van der Waals surface area contributed by atoms with Gasteiger partial charge in [0.05, 0.1) is 6.26 Å². The number of nitriles is 1. The van der Waals surface area contributed by atoms with Crippen LogP contribution in [0.1, 0.15) is 23.7 Å². The lowest BCUT2D eigenvalue weighted by Crippen LogP contribution is -1.96. The number of rotatable bonds is 2. The molecule has 0 saturated heterocycles. The molecule has 1 rings (SSSR count). The molecular weight excluding hydrogens is 176 g/mol. The van der Waals surface area contributed by atoms with E-state index in [9.17, 15) is 0 Å². The van der Waals surface area contributed by atoms with Gasteiger partial charge in [0, 0.05) is 5.69 Å². The largest absolute Gasteiger partial charge is 0.446 e. The summed E-state index contributed by atoms with van der Waals surface area (Å²) in [5, 5.41) is 8.90. The Morgan fingerprint density at radius 2 is 2.21 bits per heavy atom. The number of aryl methyl sites for hydroxylation is 2. The van der Waals surface area contributed by atoms with E-state index in [0.717, 1.165) is 11.3 Å². The summed E-state index contributed by atoms with van der Waals surface area (Å²) in [6.07, 6.45) is 3.27. The summed E-state index contributed by atoms with van der Waals surface area (Å²) >= 11 is 0. The second kappa shape index (κ2) is 4.43. The third-order valence-corrected chi connectivity index (χ3v) is 1.74.